The maximum Gasteiger partial charge on any atom is 0.282 e. The van der Waals surface area contributed by atoms with Gasteiger partial charge in [0, 0.05) is 23.3 Å². The second kappa shape index (κ2) is 6.86. The molecule has 134 valence electrons. The molecule has 1 amide bonds. The van der Waals surface area contributed by atoms with E-state index in [1.165, 1.54) is 35.7 Å². The highest BCUT2D eigenvalue weighted by Gasteiger charge is 2.27. The summed E-state index contributed by atoms with van der Waals surface area (Å²) in [7, 11) is 0. The molecule has 0 aliphatic heterocycles. The number of hydrogen-bond donors (Lipinski definition) is 0. The summed E-state index contributed by atoms with van der Waals surface area (Å²) in [5, 5.41) is 0.489. The molecule has 0 aromatic carbocycles. The van der Waals surface area contributed by atoms with Gasteiger partial charge in [-0.15, -0.1) is 11.3 Å². The van der Waals surface area contributed by atoms with Gasteiger partial charge in [0.1, 0.15) is 5.15 Å². The maximum absolute atomic E-state index is 12.7. The molecule has 0 N–H and O–H groups in total. The molecule has 0 spiro atoms. The molecule has 25 heavy (non-hydrogen) atoms. The van der Waals surface area contributed by atoms with Crippen molar-refractivity contribution < 1.29 is 4.79 Å². The van der Waals surface area contributed by atoms with E-state index < -0.39 is 5.91 Å². The molecule has 2 aromatic rings. The first kappa shape index (κ1) is 18.6. The van der Waals surface area contributed by atoms with Crippen LogP contribution in [0.15, 0.2) is 17.3 Å². The molecule has 1 aliphatic carbocycles. The van der Waals surface area contributed by atoms with Crippen molar-refractivity contribution in [2.24, 2.45) is 10.9 Å². The summed E-state index contributed by atoms with van der Waals surface area (Å²) in [4.78, 5) is 22.9. The fraction of sp³-hybridized carbons (Fsp3) is 0.500. The maximum atomic E-state index is 12.7. The van der Waals surface area contributed by atoms with Crippen LogP contribution in [0.25, 0.3) is 0 Å². The molecule has 1 saturated carbocycles. The van der Waals surface area contributed by atoms with Crippen LogP contribution in [0.2, 0.25) is 10.2 Å². The second-order valence-corrected chi connectivity index (χ2v) is 9.28. The normalized spacial score (nSPS) is 15.7. The van der Waals surface area contributed by atoms with Crippen LogP contribution in [0.3, 0.4) is 0 Å². The van der Waals surface area contributed by atoms with Gasteiger partial charge in [-0.25, -0.2) is 4.98 Å². The largest absolute Gasteiger partial charge is 0.320 e. The lowest BCUT2D eigenvalue weighted by molar-refractivity contribution is 0.0997. The number of rotatable bonds is 3. The van der Waals surface area contributed by atoms with E-state index in [-0.39, 0.29) is 16.1 Å². The lowest BCUT2D eigenvalue weighted by atomic mass is 9.93. The number of nitrogens with zero attached hydrogens (tertiary/aromatic N) is 3. The molecule has 4 nitrogen and oxygen atoms in total. The van der Waals surface area contributed by atoms with Crippen molar-refractivity contribution in [3.05, 3.63) is 43.4 Å². The number of amides is 1. The van der Waals surface area contributed by atoms with Crippen LogP contribution in [0.1, 0.15) is 54.5 Å². The van der Waals surface area contributed by atoms with E-state index in [4.69, 9.17) is 23.2 Å². The van der Waals surface area contributed by atoms with Crippen LogP contribution < -0.4 is 4.80 Å². The third kappa shape index (κ3) is 4.15. The molecule has 3 rings (SSSR count). The van der Waals surface area contributed by atoms with Gasteiger partial charge in [-0.3, -0.25) is 4.79 Å². The average Bonchev–Trinajstić information content (AvgIpc) is 3.28. The average molecular weight is 398 g/mol. The van der Waals surface area contributed by atoms with Crippen molar-refractivity contribution >= 4 is 40.4 Å². The van der Waals surface area contributed by atoms with Gasteiger partial charge < -0.3 is 4.57 Å². The topological polar surface area (TPSA) is 47.2 Å². The summed E-state index contributed by atoms with van der Waals surface area (Å²) >= 11 is 13.6. The Morgan fingerprint density at radius 2 is 2.08 bits per heavy atom. The van der Waals surface area contributed by atoms with E-state index in [0.717, 1.165) is 11.3 Å². The van der Waals surface area contributed by atoms with E-state index in [9.17, 15) is 4.79 Å². The summed E-state index contributed by atoms with van der Waals surface area (Å²) < 4.78 is 2.17. The highest BCUT2D eigenvalue weighted by molar-refractivity contribution is 7.09. The van der Waals surface area contributed by atoms with E-state index in [2.05, 4.69) is 42.2 Å². The van der Waals surface area contributed by atoms with Crippen molar-refractivity contribution in [3.8, 4) is 0 Å². The van der Waals surface area contributed by atoms with Crippen molar-refractivity contribution in [1.82, 2.24) is 9.55 Å². The Kier molecular flexibility index (Phi) is 5.11. The molecule has 0 radical (unpaired) electrons. The predicted molar refractivity (Wildman–Crippen MR) is 103 cm³/mol. The molecule has 1 fully saturated rings. The predicted octanol–water partition coefficient (Wildman–Crippen LogP) is 5.01. The fourth-order valence-corrected chi connectivity index (χ4v) is 4.30. The Morgan fingerprint density at radius 3 is 2.68 bits per heavy atom. The minimum absolute atomic E-state index is 0.00608. The number of pyridine rings is 1. The van der Waals surface area contributed by atoms with Gasteiger partial charge in [0.15, 0.2) is 4.80 Å². The first-order chi connectivity index (χ1) is 11.7. The highest BCUT2D eigenvalue weighted by atomic mass is 35.5. The Labute approximate surface area is 161 Å². The molecule has 0 unspecified atom stereocenters. The van der Waals surface area contributed by atoms with Gasteiger partial charge in [-0.05, 0) is 37.2 Å². The Hall–Kier alpha value is -1.17. The number of aromatic nitrogens is 2. The number of carbonyl (C=O) groups is 1. The van der Waals surface area contributed by atoms with Crippen molar-refractivity contribution in [2.45, 2.75) is 52.5 Å². The summed E-state index contributed by atoms with van der Waals surface area (Å²) in [5.74, 6) is 0.276. The van der Waals surface area contributed by atoms with Gasteiger partial charge >= 0.3 is 0 Å². The minimum atomic E-state index is -0.411. The molecule has 1 aliphatic rings. The quantitative estimate of drug-likeness (QED) is 0.683. The van der Waals surface area contributed by atoms with E-state index in [1.807, 2.05) is 0 Å². The molecule has 2 heterocycles. The molecule has 7 heteroatoms. The lowest BCUT2D eigenvalue weighted by Crippen LogP contribution is -2.20. The van der Waals surface area contributed by atoms with Gasteiger partial charge in [-0.1, -0.05) is 44.0 Å². The van der Waals surface area contributed by atoms with E-state index in [0.29, 0.717) is 10.9 Å². The third-order valence-electron chi connectivity index (χ3n) is 4.21. The zero-order valence-electron chi connectivity index (χ0n) is 14.8. The van der Waals surface area contributed by atoms with Gasteiger partial charge in [-0.2, -0.15) is 4.99 Å². The Morgan fingerprint density at radius 1 is 1.40 bits per heavy atom. The van der Waals surface area contributed by atoms with Crippen LogP contribution in [0.5, 0.6) is 0 Å². The molecule has 0 saturated heterocycles. The minimum Gasteiger partial charge on any atom is -0.320 e. The van der Waals surface area contributed by atoms with Crippen LogP contribution in [-0.2, 0) is 12.0 Å². The highest BCUT2D eigenvalue weighted by Crippen LogP contribution is 2.33. The van der Waals surface area contributed by atoms with Gasteiger partial charge in [0.25, 0.3) is 5.91 Å². The number of thiazole rings is 1. The zero-order chi connectivity index (χ0) is 18.4. The van der Waals surface area contributed by atoms with Crippen molar-refractivity contribution in [1.29, 1.82) is 0 Å². The van der Waals surface area contributed by atoms with Crippen LogP contribution >= 0.6 is 34.5 Å². The van der Waals surface area contributed by atoms with Crippen molar-refractivity contribution in [3.63, 3.8) is 0 Å². The smallest absolute Gasteiger partial charge is 0.282 e. The summed E-state index contributed by atoms with van der Waals surface area (Å²) in [6.45, 7) is 9.55. The Bertz CT molecular complexity index is 889. The zero-order valence-corrected chi connectivity index (χ0v) is 17.1. The third-order valence-corrected chi connectivity index (χ3v) is 6.32. The molecular weight excluding hydrogens is 377 g/mol. The van der Waals surface area contributed by atoms with Crippen molar-refractivity contribution in [2.75, 3.05) is 0 Å². The SMILES string of the molecule is Cc1c(C(C)(C)C)sc(=NC(=O)c2cc(Cl)cnc2Cl)n1CC1CC1. The first-order valence-electron chi connectivity index (χ1n) is 8.27. The first-order valence-corrected chi connectivity index (χ1v) is 9.85. The molecule has 0 bridgehead atoms. The molecular formula is C18H21Cl2N3OS. The standard InChI is InChI=1S/C18H21Cl2N3OS/c1-10-14(18(2,3)4)25-17(23(10)9-11-5-6-11)22-16(24)13-7-12(19)8-21-15(13)20/h7-8,11H,5-6,9H2,1-4H3. The summed E-state index contributed by atoms with van der Waals surface area (Å²) in [6, 6.07) is 1.51. The van der Waals surface area contributed by atoms with Gasteiger partial charge in [0.05, 0.1) is 10.6 Å². The monoisotopic (exact) mass is 397 g/mol. The van der Waals surface area contributed by atoms with Crippen LogP contribution in [-0.4, -0.2) is 15.5 Å². The lowest BCUT2D eigenvalue weighted by Gasteiger charge is -2.17. The van der Waals surface area contributed by atoms with Crippen LogP contribution in [0, 0.1) is 12.8 Å². The molecule has 2 aromatic heterocycles. The fourth-order valence-electron chi connectivity index (χ4n) is 2.76. The Balaban J connectivity index is 2.09. The number of hydrogen-bond acceptors (Lipinski definition) is 3. The second-order valence-electron chi connectivity index (χ2n) is 7.51. The number of carbonyl (C=O) groups excluding carboxylic acids is 1. The number of halogens is 2. The summed E-state index contributed by atoms with van der Waals surface area (Å²) in [5.41, 5.74) is 1.42. The van der Waals surface area contributed by atoms with Gasteiger partial charge in [0.2, 0.25) is 0 Å². The van der Waals surface area contributed by atoms with E-state index in [1.54, 1.807) is 11.3 Å². The van der Waals surface area contributed by atoms with E-state index >= 15 is 0 Å². The van der Waals surface area contributed by atoms with Crippen LogP contribution in [0.4, 0.5) is 0 Å². The molecule has 0 atom stereocenters. The summed E-state index contributed by atoms with van der Waals surface area (Å²) in [6.07, 6.45) is 3.90.